The molecule has 1 amide bonds. The molecule has 1 heterocycles. The Balaban J connectivity index is 2.15. The molecular weight excluding hydrogens is 248 g/mol. The van der Waals surface area contributed by atoms with Crippen molar-refractivity contribution in [3.63, 3.8) is 0 Å². The number of hydrogen-bond acceptors (Lipinski definition) is 1. The fraction of sp³-hybridized carbons (Fsp3) is 0.353. The molecule has 1 N–H and O–H groups in total. The van der Waals surface area contributed by atoms with E-state index in [9.17, 15) is 4.79 Å². The van der Waals surface area contributed by atoms with E-state index < -0.39 is 0 Å². The van der Waals surface area contributed by atoms with Gasteiger partial charge < -0.3 is 9.88 Å². The first kappa shape index (κ1) is 14.4. The van der Waals surface area contributed by atoms with Crippen molar-refractivity contribution in [2.24, 2.45) is 0 Å². The van der Waals surface area contributed by atoms with E-state index in [0.717, 1.165) is 6.42 Å². The van der Waals surface area contributed by atoms with E-state index in [2.05, 4.69) is 54.1 Å². The van der Waals surface area contributed by atoms with Crippen LogP contribution < -0.4 is 5.32 Å². The van der Waals surface area contributed by atoms with Crippen LogP contribution in [0.25, 0.3) is 5.69 Å². The monoisotopic (exact) mass is 270 g/mol. The standard InChI is InChI=1S/C17H22N2O/c1-4-17(20)18-11-10-15-12-13(2)19(14(15)3)16-8-6-5-7-9-16/h5-9,12H,4,10-11H2,1-3H3,(H,18,20). The molecule has 3 heteroatoms. The third-order valence-corrected chi connectivity index (χ3v) is 3.59. The molecule has 2 aromatic rings. The molecule has 1 aromatic heterocycles. The van der Waals surface area contributed by atoms with Crippen LogP contribution in [0.1, 0.15) is 30.3 Å². The number of para-hydroxylation sites is 1. The van der Waals surface area contributed by atoms with Crippen LogP contribution in [0.4, 0.5) is 0 Å². The summed E-state index contributed by atoms with van der Waals surface area (Å²) in [5.74, 6) is 0.113. The molecule has 0 aliphatic rings. The molecule has 0 aliphatic carbocycles. The Bertz CT molecular complexity index is 585. The third-order valence-electron chi connectivity index (χ3n) is 3.59. The molecule has 20 heavy (non-hydrogen) atoms. The second-order valence-corrected chi connectivity index (χ2v) is 5.02. The summed E-state index contributed by atoms with van der Waals surface area (Å²) in [5, 5.41) is 2.93. The molecule has 0 saturated heterocycles. The highest BCUT2D eigenvalue weighted by Crippen LogP contribution is 2.20. The van der Waals surface area contributed by atoms with E-state index in [1.165, 1.54) is 22.6 Å². The molecule has 0 fully saturated rings. The number of carbonyl (C=O) groups excluding carboxylic acids is 1. The lowest BCUT2D eigenvalue weighted by molar-refractivity contribution is -0.120. The zero-order chi connectivity index (χ0) is 14.5. The zero-order valence-electron chi connectivity index (χ0n) is 12.4. The lowest BCUT2D eigenvalue weighted by atomic mass is 10.2. The fourth-order valence-corrected chi connectivity index (χ4v) is 2.52. The van der Waals surface area contributed by atoms with Crippen molar-refractivity contribution in [2.75, 3.05) is 6.54 Å². The lowest BCUT2D eigenvalue weighted by Crippen LogP contribution is -2.24. The number of nitrogens with zero attached hydrogens (tertiary/aromatic N) is 1. The predicted molar refractivity (Wildman–Crippen MR) is 82.2 cm³/mol. The van der Waals surface area contributed by atoms with Crippen molar-refractivity contribution in [1.82, 2.24) is 9.88 Å². The molecule has 0 spiro atoms. The number of benzene rings is 1. The van der Waals surface area contributed by atoms with Gasteiger partial charge >= 0.3 is 0 Å². The first-order chi connectivity index (χ1) is 9.63. The van der Waals surface area contributed by atoms with Gasteiger partial charge in [0, 0.05) is 30.0 Å². The van der Waals surface area contributed by atoms with E-state index in [0.29, 0.717) is 13.0 Å². The number of nitrogens with one attached hydrogen (secondary N) is 1. The average molecular weight is 270 g/mol. The molecule has 0 aliphatic heterocycles. The number of aromatic nitrogens is 1. The summed E-state index contributed by atoms with van der Waals surface area (Å²) < 4.78 is 2.26. The largest absolute Gasteiger partial charge is 0.356 e. The molecule has 0 radical (unpaired) electrons. The number of carbonyl (C=O) groups is 1. The molecule has 2 rings (SSSR count). The van der Waals surface area contributed by atoms with Gasteiger partial charge in [-0.3, -0.25) is 4.79 Å². The second-order valence-electron chi connectivity index (χ2n) is 5.02. The van der Waals surface area contributed by atoms with Crippen molar-refractivity contribution < 1.29 is 4.79 Å². The van der Waals surface area contributed by atoms with Gasteiger partial charge in [-0.2, -0.15) is 0 Å². The first-order valence-electron chi connectivity index (χ1n) is 7.13. The molecule has 0 saturated carbocycles. The fourth-order valence-electron chi connectivity index (χ4n) is 2.52. The van der Waals surface area contributed by atoms with E-state index in [1.807, 2.05) is 13.0 Å². The maximum absolute atomic E-state index is 11.3. The van der Waals surface area contributed by atoms with Gasteiger partial charge in [0.15, 0.2) is 0 Å². The van der Waals surface area contributed by atoms with Crippen LogP contribution in [0.5, 0.6) is 0 Å². The molecule has 106 valence electrons. The van der Waals surface area contributed by atoms with Gasteiger partial charge in [0.2, 0.25) is 5.91 Å². The predicted octanol–water partition coefficient (Wildman–Crippen LogP) is 3.16. The lowest BCUT2D eigenvalue weighted by Gasteiger charge is -2.10. The maximum Gasteiger partial charge on any atom is 0.219 e. The number of aryl methyl sites for hydroxylation is 1. The van der Waals surface area contributed by atoms with Crippen molar-refractivity contribution in [1.29, 1.82) is 0 Å². The Morgan fingerprint density at radius 2 is 1.90 bits per heavy atom. The van der Waals surface area contributed by atoms with Gasteiger partial charge in [0.25, 0.3) is 0 Å². The number of amides is 1. The quantitative estimate of drug-likeness (QED) is 0.889. The maximum atomic E-state index is 11.3. The molecule has 0 atom stereocenters. The summed E-state index contributed by atoms with van der Waals surface area (Å²) >= 11 is 0. The molecule has 3 nitrogen and oxygen atoms in total. The SMILES string of the molecule is CCC(=O)NCCc1cc(C)n(-c2ccccc2)c1C. The van der Waals surface area contributed by atoms with Crippen LogP contribution in [0.2, 0.25) is 0 Å². The van der Waals surface area contributed by atoms with Crippen molar-refractivity contribution in [3.05, 3.63) is 53.3 Å². The highest BCUT2D eigenvalue weighted by molar-refractivity contribution is 5.75. The summed E-state index contributed by atoms with van der Waals surface area (Å²) in [6.45, 7) is 6.83. The summed E-state index contributed by atoms with van der Waals surface area (Å²) in [4.78, 5) is 11.3. The Labute approximate surface area is 120 Å². The van der Waals surface area contributed by atoms with Crippen LogP contribution in [0.15, 0.2) is 36.4 Å². The van der Waals surface area contributed by atoms with Crippen LogP contribution in [0.3, 0.4) is 0 Å². The van der Waals surface area contributed by atoms with Crippen LogP contribution in [-0.2, 0) is 11.2 Å². The summed E-state index contributed by atoms with van der Waals surface area (Å²) in [5.41, 5.74) is 4.96. The molecular formula is C17H22N2O. The van der Waals surface area contributed by atoms with Gasteiger partial charge in [-0.25, -0.2) is 0 Å². The van der Waals surface area contributed by atoms with Gasteiger partial charge in [-0.05, 0) is 44.0 Å². The van der Waals surface area contributed by atoms with Gasteiger partial charge in [0.1, 0.15) is 0 Å². The Morgan fingerprint density at radius 1 is 1.20 bits per heavy atom. The number of hydrogen-bond donors (Lipinski definition) is 1. The minimum atomic E-state index is 0.113. The minimum Gasteiger partial charge on any atom is -0.356 e. The highest BCUT2D eigenvalue weighted by Gasteiger charge is 2.10. The van der Waals surface area contributed by atoms with Crippen molar-refractivity contribution in [2.45, 2.75) is 33.6 Å². The minimum absolute atomic E-state index is 0.113. The smallest absolute Gasteiger partial charge is 0.219 e. The molecule has 0 unspecified atom stereocenters. The third kappa shape index (κ3) is 3.10. The number of rotatable bonds is 5. The van der Waals surface area contributed by atoms with E-state index in [1.54, 1.807) is 0 Å². The van der Waals surface area contributed by atoms with E-state index in [-0.39, 0.29) is 5.91 Å². The zero-order valence-corrected chi connectivity index (χ0v) is 12.4. The first-order valence-corrected chi connectivity index (χ1v) is 7.13. The topological polar surface area (TPSA) is 34.0 Å². The highest BCUT2D eigenvalue weighted by atomic mass is 16.1. The summed E-state index contributed by atoms with van der Waals surface area (Å²) in [6, 6.07) is 12.6. The van der Waals surface area contributed by atoms with Gasteiger partial charge in [0.05, 0.1) is 0 Å². The summed E-state index contributed by atoms with van der Waals surface area (Å²) in [6.07, 6.45) is 1.42. The Kier molecular flexibility index (Phi) is 4.61. The summed E-state index contributed by atoms with van der Waals surface area (Å²) in [7, 11) is 0. The van der Waals surface area contributed by atoms with E-state index >= 15 is 0 Å². The van der Waals surface area contributed by atoms with E-state index in [4.69, 9.17) is 0 Å². The van der Waals surface area contributed by atoms with Gasteiger partial charge in [-0.1, -0.05) is 25.1 Å². The van der Waals surface area contributed by atoms with Crippen molar-refractivity contribution >= 4 is 5.91 Å². The average Bonchev–Trinajstić information content (AvgIpc) is 2.74. The molecule has 0 bridgehead atoms. The van der Waals surface area contributed by atoms with Gasteiger partial charge in [-0.15, -0.1) is 0 Å². The van der Waals surface area contributed by atoms with Crippen molar-refractivity contribution in [3.8, 4) is 5.69 Å². The Morgan fingerprint density at radius 3 is 2.55 bits per heavy atom. The molecule has 1 aromatic carbocycles. The Hall–Kier alpha value is -2.03. The van der Waals surface area contributed by atoms with Crippen LogP contribution in [0, 0.1) is 13.8 Å². The second kappa shape index (κ2) is 6.42. The normalized spacial score (nSPS) is 10.6. The van der Waals surface area contributed by atoms with Crippen LogP contribution >= 0.6 is 0 Å². The van der Waals surface area contributed by atoms with Crippen LogP contribution in [-0.4, -0.2) is 17.0 Å².